The molecule has 0 N–H and O–H groups in total. The molecule has 0 aliphatic carbocycles. The van der Waals surface area contributed by atoms with Crippen LogP contribution in [0.2, 0.25) is 0 Å². The SMILES string of the molecule is O=C1N(Cc2c(F)c(F)c(F)c(F)c2F)CCN1c1ccc(F)cc1F. The maximum Gasteiger partial charge on any atom is 0.325 e. The molecule has 26 heavy (non-hydrogen) atoms. The molecule has 138 valence electrons. The number of halogens is 7. The number of hydrogen-bond acceptors (Lipinski definition) is 1. The van der Waals surface area contributed by atoms with Crippen LogP contribution in [0.5, 0.6) is 0 Å². The van der Waals surface area contributed by atoms with Gasteiger partial charge in [-0.3, -0.25) is 4.90 Å². The Labute approximate surface area is 142 Å². The molecule has 0 saturated carbocycles. The molecule has 1 fully saturated rings. The van der Waals surface area contributed by atoms with Gasteiger partial charge in [0.2, 0.25) is 5.82 Å². The molecule has 1 aliphatic heterocycles. The van der Waals surface area contributed by atoms with E-state index in [4.69, 9.17) is 0 Å². The Morgan fingerprint density at radius 1 is 0.808 bits per heavy atom. The molecule has 2 aromatic carbocycles. The third-order valence-corrected chi connectivity index (χ3v) is 3.95. The van der Waals surface area contributed by atoms with Crippen LogP contribution in [0.15, 0.2) is 18.2 Å². The summed E-state index contributed by atoms with van der Waals surface area (Å²) >= 11 is 0. The van der Waals surface area contributed by atoms with E-state index in [-0.39, 0.29) is 18.8 Å². The van der Waals surface area contributed by atoms with Crippen molar-refractivity contribution in [2.45, 2.75) is 6.54 Å². The van der Waals surface area contributed by atoms with Gasteiger partial charge in [0.15, 0.2) is 23.3 Å². The van der Waals surface area contributed by atoms with E-state index in [1.807, 2.05) is 0 Å². The monoisotopic (exact) mass is 378 g/mol. The Morgan fingerprint density at radius 3 is 1.96 bits per heavy atom. The average Bonchev–Trinajstić information content (AvgIpc) is 2.96. The van der Waals surface area contributed by atoms with Gasteiger partial charge in [-0.05, 0) is 12.1 Å². The van der Waals surface area contributed by atoms with Gasteiger partial charge in [0, 0.05) is 24.7 Å². The largest absolute Gasteiger partial charge is 0.325 e. The lowest BCUT2D eigenvalue weighted by molar-refractivity contribution is 0.216. The summed E-state index contributed by atoms with van der Waals surface area (Å²) in [4.78, 5) is 14.0. The van der Waals surface area contributed by atoms with Crippen molar-refractivity contribution < 1.29 is 35.5 Å². The van der Waals surface area contributed by atoms with Crippen molar-refractivity contribution in [2.75, 3.05) is 18.0 Å². The number of rotatable bonds is 3. The number of carbonyl (C=O) groups excluding carboxylic acids is 1. The quantitative estimate of drug-likeness (QED) is 0.448. The fourth-order valence-electron chi connectivity index (χ4n) is 2.63. The van der Waals surface area contributed by atoms with Gasteiger partial charge in [-0.15, -0.1) is 0 Å². The minimum Gasteiger partial charge on any atom is -0.318 e. The Hall–Kier alpha value is -2.78. The molecule has 1 saturated heterocycles. The molecule has 2 aromatic rings. The molecule has 0 aromatic heterocycles. The van der Waals surface area contributed by atoms with Crippen LogP contribution in [-0.4, -0.2) is 24.0 Å². The average molecular weight is 378 g/mol. The van der Waals surface area contributed by atoms with E-state index in [2.05, 4.69) is 0 Å². The van der Waals surface area contributed by atoms with Crippen molar-refractivity contribution in [1.82, 2.24) is 4.90 Å². The van der Waals surface area contributed by atoms with Crippen molar-refractivity contribution in [3.63, 3.8) is 0 Å². The molecule has 10 heteroatoms. The summed E-state index contributed by atoms with van der Waals surface area (Å²) in [5.74, 6) is -12.5. The molecular formula is C16H9F7N2O. The number of carbonyl (C=O) groups is 1. The lowest BCUT2D eigenvalue weighted by atomic mass is 10.1. The van der Waals surface area contributed by atoms with E-state index >= 15 is 0 Å². The fourth-order valence-corrected chi connectivity index (χ4v) is 2.63. The Morgan fingerprint density at radius 2 is 1.38 bits per heavy atom. The molecule has 2 amide bonds. The predicted octanol–water partition coefficient (Wildman–Crippen LogP) is 4.10. The van der Waals surface area contributed by atoms with Gasteiger partial charge in [-0.1, -0.05) is 0 Å². The number of hydrogen-bond donors (Lipinski definition) is 0. The summed E-state index contributed by atoms with van der Waals surface area (Å²) in [7, 11) is 0. The zero-order valence-corrected chi connectivity index (χ0v) is 12.8. The van der Waals surface area contributed by atoms with Gasteiger partial charge in [0.05, 0.1) is 12.2 Å². The van der Waals surface area contributed by atoms with Gasteiger partial charge in [-0.25, -0.2) is 35.5 Å². The lowest BCUT2D eigenvalue weighted by Gasteiger charge is -2.20. The first-order valence-corrected chi connectivity index (χ1v) is 7.24. The lowest BCUT2D eigenvalue weighted by Crippen LogP contribution is -2.32. The van der Waals surface area contributed by atoms with E-state index in [1.54, 1.807) is 0 Å². The topological polar surface area (TPSA) is 23.6 Å². The normalized spacial score (nSPS) is 14.5. The number of amides is 2. The summed E-state index contributed by atoms with van der Waals surface area (Å²) in [5, 5.41) is 0. The van der Waals surface area contributed by atoms with Crippen LogP contribution < -0.4 is 4.90 Å². The van der Waals surface area contributed by atoms with Crippen molar-refractivity contribution >= 4 is 11.7 Å². The highest BCUT2D eigenvalue weighted by molar-refractivity contribution is 5.94. The zero-order valence-electron chi connectivity index (χ0n) is 12.8. The number of nitrogens with zero attached hydrogens (tertiary/aromatic N) is 2. The number of anilines is 1. The standard InChI is InChI=1S/C16H9F7N2O/c17-7-1-2-10(9(18)5-7)25-4-3-24(16(25)26)6-8-11(19)13(21)15(23)14(22)12(8)20/h1-2,5H,3-4,6H2. The second kappa shape index (κ2) is 6.50. The third-order valence-electron chi connectivity index (χ3n) is 3.95. The van der Waals surface area contributed by atoms with Crippen LogP contribution in [0.4, 0.5) is 41.2 Å². The second-order valence-electron chi connectivity index (χ2n) is 5.50. The summed E-state index contributed by atoms with van der Waals surface area (Å²) < 4.78 is 93.8. The van der Waals surface area contributed by atoms with E-state index in [0.717, 1.165) is 21.9 Å². The molecule has 3 nitrogen and oxygen atoms in total. The smallest absolute Gasteiger partial charge is 0.318 e. The van der Waals surface area contributed by atoms with Crippen LogP contribution in [0.1, 0.15) is 5.56 Å². The molecule has 3 rings (SSSR count). The second-order valence-corrected chi connectivity index (χ2v) is 5.50. The molecule has 0 radical (unpaired) electrons. The van der Waals surface area contributed by atoms with Gasteiger partial charge in [0.1, 0.15) is 11.6 Å². The third kappa shape index (κ3) is 2.85. The minimum atomic E-state index is -2.30. The zero-order chi connectivity index (χ0) is 19.2. The van der Waals surface area contributed by atoms with Crippen molar-refractivity contribution in [3.05, 3.63) is 64.5 Å². The van der Waals surface area contributed by atoms with Crippen LogP contribution in [0.25, 0.3) is 0 Å². The number of urea groups is 1. The molecule has 0 bridgehead atoms. The maximum absolute atomic E-state index is 13.8. The number of benzene rings is 2. The van der Waals surface area contributed by atoms with Gasteiger partial charge in [0.25, 0.3) is 0 Å². The first-order chi connectivity index (χ1) is 12.2. The fraction of sp³-hybridized carbons (Fsp3) is 0.188. The van der Waals surface area contributed by atoms with Crippen LogP contribution in [-0.2, 0) is 6.54 Å². The maximum atomic E-state index is 13.8. The molecule has 0 atom stereocenters. The molecular weight excluding hydrogens is 369 g/mol. The van der Waals surface area contributed by atoms with Crippen LogP contribution >= 0.6 is 0 Å². The molecule has 1 heterocycles. The molecule has 1 aliphatic rings. The van der Waals surface area contributed by atoms with Crippen LogP contribution in [0.3, 0.4) is 0 Å². The van der Waals surface area contributed by atoms with Crippen molar-refractivity contribution in [2.24, 2.45) is 0 Å². The summed E-state index contributed by atoms with van der Waals surface area (Å²) in [6.45, 7) is -1.17. The first-order valence-electron chi connectivity index (χ1n) is 7.24. The van der Waals surface area contributed by atoms with Crippen molar-refractivity contribution in [1.29, 1.82) is 0 Å². The van der Waals surface area contributed by atoms with Gasteiger partial charge < -0.3 is 4.90 Å². The summed E-state index contributed by atoms with van der Waals surface area (Å²) in [5.41, 5.74) is -1.44. The van der Waals surface area contributed by atoms with Gasteiger partial charge >= 0.3 is 6.03 Å². The first kappa shape index (κ1) is 18.0. The van der Waals surface area contributed by atoms with E-state index < -0.39 is 58.9 Å². The highest BCUT2D eigenvalue weighted by Crippen LogP contribution is 2.28. The Balaban J connectivity index is 1.89. The van der Waals surface area contributed by atoms with Gasteiger partial charge in [-0.2, -0.15) is 0 Å². The van der Waals surface area contributed by atoms with E-state index in [0.29, 0.717) is 6.07 Å². The van der Waals surface area contributed by atoms with Crippen LogP contribution in [0, 0.1) is 40.7 Å². The molecule has 0 spiro atoms. The van der Waals surface area contributed by atoms with E-state index in [9.17, 15) is 35.5 Å². The predicted molar refractivity (Wildman–Crippen MR) is 75.7 cm³/mol. The minimum absolute atomic E-state index is 0.114. The highest BCUT2D eigenvalue weighted by atomic mass is 19.2. The highest BCUT2D eigenvalue weighted by Gasteiger charge is 2.34. The van der Waals surface area contributed by atoms with Crippen molar-refractivity contribution in [3.8, 4) is 0 Å². The summed E-state index contributed by atoms with van der Waals surface area (Å²) in [6.07, 6.45) is 0. The van der Waals surface area contributed by atoms with E-state index in [1.165, 1.54) is 0 Å². The Bertz CT molecular complexity index is 874. The molecule has 0 unspecified atom stereocenters. The summed E-state index contributed by atoms with van der Waals surface area (Å²) in [6, 6.07) is 1.55. The Kier molecular flexibility index (Phi) is 4.51.